The first-order chi connectivity index (χ1) is 13.3. The van der Waals surface area contributed by atoms with E-state index in [0.29, 0.717) is 12.4 Å². The second-order valence-corrected chi connectivity index (χ2v) is 8.00. The van der Waals surface area contributed by atoms with Crippen LogP contribution in [0.2, 0.25) is 0 Å². The molecule has 8 nitrogen and oxygen atoms in total. The Bertz CT molecular complexity index is 1100. The number of H-pyrrole nitrogens is 1. The van der Waals surface area contributed by atoms with Gasteiger partial charge in [0.15, 0.2) is 11.5 Å². The number of hydrogen-bond donors (Lipinski definition) is 1. The highest BCUT2D eigenvalue weighted by Gasteiger charge is 2.20. The zero-order chi connectivity index (χ0) is 19.9. The fourth-order valence-electron chi connectivity index (χ4n) is 3.08. The van der Waals surface area contributed by atoms with Gasteiger partial charge in [0.25, 0.3) is 0 Å². The van der Waals surface area contributed by atoms with Gasteiger partial charge in [0.2, 0.25) is 0 Å². The molecule has 0 unspecified atom stereocenters. The number of aromatic nitrogens is 7. The minimum absolute atomic E-state index is 0.00628. The van der Waals surface area contributed by atoms with E-state index in [1.165, 1.54) is 0 Å². The Morgan fingerprint density at radius 2 is 2.00 bits per heavy atom. The molecule has 0 amide bonds. The predicted octanol–water partition coefficient (Wildman–Crippen LogP) is 3.08. The molecule has 4 aromatic heterocycles. The van der Waals surface area contributed by atoms with E-state index in [0.717, 1.165) is 33.8 Å². The number of pyridine rings is 1. The molecule has 0 aliphatic heterocycles. The fourth-order valence-corrected chi connectivity index (χ4v) is 3.08. The number of fused-ring (bicyclic) bond motifs is 1. The SMILES string of the molecule is CN(Cc1cc(C(C)(C)C)n[nH]1)c1nc(-c2cccnc2)nc2c1cnn2C. The van der Waals surface area contributed by atoms with E-state index < -0.39 is 0 Å². The molecule has 4 rings (SSSR count). The van der Waals surface area contributed by atoms with Crippen molar-refractivity contribution in [1.82, 2.24) is 34.9 Å². The topological polar surface area (TPSA) is 88.4 Å². The molecule has 4 aromatic rings. The zero-order valence-corrected chi connectivity index (χ0v) is 16.8. The van der Waals surface area contributed by atoms with Gasteiger partial charge in [-0.25, -0.2) is 9.97 Å². The maximum absolute atomic E-state index is 4.82. The largest absolute Gasteiger partial charge is 0.353 e. The van der Waals surface area contributed by atoms with Gasteiger partial charge in [0, 0.05) is 37.5 Å². The van der Waals surface area contributed by atoms with E-state index >= 15 is 0 Å². The molecule has 144 valence electrons. The zero-order valence-electron chi connectivity index (χ0n) is 16.8. The first-order valence-electron chi connectivity index (χ1n) is 9.19. The molecule has 1 N–H and O–H groups in total. The third-order valence-electron chi connectivity index (χ3n) is 4.66. The van der Waals surface area contributed by atoms with Gasteiger partial charge in [0.1, 0.15) is 5.82 Å². The summed E-state index contributed by atoms with van der Waals surface area (Å²) in [6, 6.07) is 5.95. The summed E-state index contributed by atoms with van der Waals surface area (Å²) < 4.78 is 1.77. The molecule has 0 aromatic carbocycles. The van der Waals surface area contributed by atoms with Crippen LogP contribution in [-0.4, -0.2) is 42.0 Å². The number of hydrogen-bond acceptors (Lipinski definition) is 6. The summed E-state index contributed by atoms with van der Waals surface area (Å²) in [4.78, 5) is 15.8. The highest BCUT2D eigenvalue weighted by molar-refractivity contribution is 5.88. The number of rotatable bonds is 4. The van der Waals surface area contributed by atoms with Crippen LogP contribution >= 0.6 is 0 Å². The summed E-state index contributed by atoms with van der Waals surface area (Å²) in [6.45, 7) is 7.11. The highest BCUT2D eigenvalue weighted by atomic mass is 15.3. The van der Waals surface area contributed by atoms with Crippen LogP contribution in [0.25, 0.3) is 22.4 Å². The lowest BCUT2D eigenvalue weighted by molar-refractivity contribution is 0.567. The van der Waals surface area contributed by atoms with E-state index in [9.17, 15) is 0 Å². The third kappa shape index (κ3) is 3.33. The van der Waals surface area contributed by atoms with Gasteiger partial charge in [-0.05, 0) is 18.2 Å². The summed E-state index contributed by atoms with van der Waals surface area (Å²) in [7, 11) is 3.90. The van der Waals surface area contributed by atoms with Crippen LogP contribution in [0.5, 0.6) is 0 Å². The highest BCUT2D eigenvalue weighted by Crippen LogP contribution is 2.27. The van der Waals surface area contributed by atoms with Crippen molar-refractivity contribution in [2.75, 3.05) is 11.9 Å². The van der Waals surface area contributed by atoms with Gasteiger partial charge < -0.3 is 4.90 Å². The van der Waals surface area contributed by atoms with E-state index in [1.807, 2.05) is 32.4 Å². The molecule has 0 saturated carbocycles. The van der Waals surface area contributed by atoms with Crippen LogP contribution in [0, 0.1) is 0 Å². The van der Waals surface area contributed by atoms with E-state index in [-0.39, 0.29) is 5.41 Å². The Morgan fingerprint density at radius 3 is 2.68 bits per heavy atom. The summed E-state index contributed by atoms with van der Waals surface area (Å²) in [6.07, 6.45) is 5.32. The Morgan fingerprint density at radius 1 is 1.18 bits per heavy atom. The van der Waals surface area contributed by atoms with Crippen LogP contribution in [0.4, 0.5) is 5.82 Å². The lowest BCUT2D eigenvalue weighted by Crippen LogP contribution is -2.19. The molecular weight excluding hydrogens is 352 g/mol. The Balaban J connectivity index is 1.73. The predicted molar refractivity (Wildman–Crippen MR) is 109 cm³/mol. The summed E-state index contributed by atoms with van der Waals surface area (Å²) in [5, 5.41) is 12.9. The van der Waals surface area contributed by atoms with Crippen LogP contribution < -0.4 is 4.90 Å². The minimum Gasteiger partial charge on any atom is -0.353 e. The quantitative estimate of drug-likeness (QED) is 0.589. The van der Waals surface area contributed by atoms with Gasteiger partial charge >= 0.3 is 0 Å². The fraction of sp³-hybridized carbons (Fsp3) is 0.350. The molecule has 0 aliphatic carbocycles. The number of aromatic amines is 1. The van der Waals surface area contributed by atoms with E-state index in [4.69, 9.17) is 9.97 Å². The van der Waals surface area contributed by atoms with Crippen molar-refractivity contribution >= 4 is 16.9 Å². The lowest BCUT2D eigenvalue weighted by atomic mass is 9.92. The van der Waals surface area contributed by atoms with Crippen LogP contribution in [0.15, 0.2) is 36.8 Å². The summed E-state index contributed by atoms with van der Waals surface area (Å²) >= 11 is 0. The van der Waals surface area contributed by atoms with Gasteiger partial charge in [-0.2, -0.15) is 10.2 Å². The molecule has 0 saturated heterocycles. The minimum atomic E-state index is 0.00628. The number of aryl methyl sites for hydroxylation is 1. The maximum Gasteiger partial charge on any atom is 0.165 e. The molecule has 0 radical (unpaired) electrons. The molecule has 8 heteroatoms. The molecule has 0 spiro atoms. The number of anilines is 1. The van der Waals surface area contributed by atoms with Crippen molar-refractivity contribution in [3.63, 3.8) is 0 Å². The summed E-state index contributed by atoms with van der Waals surface area (Å²) in [5.41, 5.74) is 3.74. The monoisotopic (exact) mass is 376 g/mol. The van der Waals surface area contributed by atoms with Gasteiger partial charge in [-0.3, -0.25) is 14.8 Å². The molecule has 28 heavy (non-hydrogen) atoms. The van der Waals surface area contributed by atoms with Crippen molar-refractivity contribution < 1.29 is 0 Å². The second-order valence-electron chi connectivity index (χ2n) is 8.00. The Labute approximate surface area is 163 Å². The van der Waals surface area contributed by atoms with Crippen molar-refractivity contribution in [2.24, 2.45) is 7.05 Å². The standard InChI is InChI=1S/C20H24N8/c1-20(2,3)16-9-14(25-26-16)12-27(4)18-15-11-22-28(5)19(15)24-17(23-18)13-7-6-8-21-10-13/h6-11H,12H2,1-5H3,(H,25,26). The number of nitrogens with zero attached hydrogens (tertiary/aromatic N) is 7. The molecule has 0 bridgehead atoms. The lowest BCUT2D eigenvalue weighted by Gasteiger charge is -2.19. The van der Waals surface area contributed by atoms with Gasteiger partial charge in [0.05, 0.1) is 29.5 Å². The molecule has 0 fully saturated rings. The van der Waals surface area contributed by atoms with E-state index in [2.05, 4.69) is 52.0 Å². The van der Waals surface area contributed by atoms with Crippen molar-refractivity contribution in [1.29, 1.82) is 0 Å². The maximum atomic E-state index is 4.82. The van der Waals surface area contributed by atoms with Crippen LogP contribution in [-0.2, 0) is 19.0 Å². The van der Waals surface area contributed by atoms with Crippen molar-refractivity contribution in [3.05, 3.63) is 48.2 Å². The molecule has 0 atom stereocenters. The van der Waals surface area contributed by atoms with Crippen molar-refractivity contribution in [3.8, 4) is 11.4 Å². The van der Waals surface area contributed by atoms with Crippen LogP contribution in [0.3, 0.4) is 0 Å². The first kappa shape index (κ1) is 18.1. The summed E-state index contributed by atoms with van der Waals surface area (Å²) in [5.74, 6) is 1.45. The smallest absolute Gasteiger partial charge is 0.165 e. The van der Waals surface area contributed by atoms with Gasteiger partial charge in [-0.15, -0.1) is 0 Å². The third-order valence-corrected chi connectivity index (χ3v) is 4.66. The number of nitrogens with one attached hydrogen (secondary N) is 1. The van der Waals surface area contributed by atoms with Crippen molar-refractivity contribution in [2.45, 2.75) is 32.7 Å². The second kappa shape index (κ2) is 6.70. The van der Waals surface area contributed by atoms with Crippen LogP contribution in [0.1, 0.15) is 32.2 Å². The molecular formula is C20H24N8. The van der Waals surface area contributed by atoms with Gasteiger partial charge in [-0.1, -0.05) is 20.8 Å². The average Bonchev–Trinajstić information content (AvgIpc) is 3.29. The normalized spacial score (nSPS) is 11.9. The molecule has 0 aliphatic rings. The molecule has 4 heterocycles. The Hall–Kier alpha value is -3.29. The van der Waals surface area contributed by atoms with E-state index in [1.54, 1.807) is 17.1 Å². The Kier molecular flexibility index (Phi) is 4.33. The average molecular weight is 376 g/mol. The first-order valence-corrected chi connectivity index (χ1v) is 9.19.